The smallest absolute Gasteiger partial charge is 0.387 e. The first-order valence-electron chi connectivity index (χ1n) is 6.96. The summed E-state index contributed by atoms with van der Waals surface area (Å²) >= 11 is 3.27. The molecule has 0 spiro atoms. The fraction of sp³-hybridized carbons (Fsp3) is 0.250. The lowest BCUT2D eigenvalue weighted by molar-refractivity contribution is -0.0498. The van der Waals surface area contributed by atoms with Crippen molar-refractivity contribution in [3.8, 4) is 5.75 Å². The Hall–Kier alpha value is -1.51. The topological polar surface area (TPSA) is 46.6 Å². The van der Waals surface area contributed by atoms with E-state index in [9.17, 15) is 17.2 Å². The minimum absolute atomic E-state index is 0.0297. The number of sulfonamides is 1. The third-order valence-electron chi connectivity index (χ3n) is 3.39. The Morgan fingerprint density at radius 3 is 2.38 bits per heavy atom. The molecule has 0 N–H and O–H groups in total. The van der Waals surface area contributed by atoms with E-state index in [2.05, 4.69) is 20.7 Å². The highest BCUT2D eigenvalue weighted by molar-refractivity contribution is 9.10. The summed E-state index contributed by atoms with van der Waals surface area (Å²) < 4.78 is 55.8. The van der Waals surface area contributed by atoms with E-state index < -0.39 is 16.6 Å². The van der Waals surface area contributed by atoms with Gasteiger partial charge in [-0.05, 0) is 42.3 Å². The average Bonchev–Trinajstić information content (AvgIpc) is 2.51. The lowest BCUT2D eigenvalue weighted by Gasteiger charge is -2.19. The Morgan fingerprint density at radius 1 is 1.17 bits per heavy atom. The molecule has 0 heterocycles. The molecule has 4 nitrogen and oxygen atoms in total. The van der Waals surface area contributed by atoms with Crippen molar-refractivity contribution in [1.29, 1.82) is 0 Å². The maximum atomic E-state index is 12.7. The Labute approximate surface area is 148 Å². The molecule has 2 aromatic rings. The van der Waals surface area contributed by atoms with Crippen molar-refractivity contribution < 1.29 is 21.9 Å². The largest absolute Gasteiger partial charge is 0.435 e. The van der Waals surface area contributed by atoms with Gasteiger partial charge in [0.05, 0.1) is 4.90 Å². The molecule has 8 heteroatoms. The summed E-state index contributed by atoms with van der Waals surface area (Å²) in [4.78, 5) is 0.219. The van der Waals surface area contributed by atoms with Gasteiger partial charge in [-0.2, -0.15) is 13.1 Å². The number of nitrogens with zero attached hydrogens (tertiary/aromatic N) is 1. The fourth-order valence-electron chi connectivity index (χ4n) is 2.14. The first kappa shape index (κ1) is 18.8. The summed E-state index contributed by atoms with van der Waals surface area (Å²) in [6.45, 7) is -1.05. The Bertz CT molecular complexity index is 811. The van der Waals surface area contributed by atoms with Crippen molar-refractivity contribution in [3.05, 3.63) is 58.1 Å². The van der Waals surface area contributed by atoms with Crippen molar-refractivity contribution >= 4 is 26.0 Å². The number of alkyl halides is 2. The molecule has 0 radical (unpaired) electrons. The van der Waals surface area contributed by atoms with E-state index in [0.29, 0.717) is 15.6 Å². The number of hydrogen-bond acceptors (Lipinski definition) is 3. The van der Waals surface area contributed by atoms with Crippen LogP contribution in [0, 0.1) is 6.92 Å². The second kappa shape index (κ2) is 7.58. The van der Waals surface area contributed by atoms with E-state index in [-0.39, 0.29) is 17.2 Å². The summed E-state index contributed by atoms with van der Waals surface area (Å²) in [5.41, 5.74) is 1.31. The van der Waals surface area contributed by atoms with Gasteiger partial charge in [0.15, 0.2) is 0 Å². The molecule has 0 saturated heterocycles. The average molecular weight is 420 g/mol. The van der Waals surface area contributed by atoms with Crippen LogP contribution in [0.4, 0.5) is 8.78 Å². The summed E-state index contributed by atoms with van der Waals surface area (Å²) in [5.74, 6) is 0.0297. The van der Waals surface area contributed by atoms with Crippen molar-refractivity contribution in [2.45, 2.75) is 25.0 Å². The van der Waals surface area contributed by atoms with Crippen LogP contribution in [0.15, 0.2) is 51.8 Å². The second-order valence-corrected chi connectivity index (χ2v) is 8.12. The zero-order valence-electron chi connectivity index (χ0n) is 13.0. The van der Waals surface area contributed by atoms with E-state index in [0.717, 1.165) is 0 Å². The van der Waals surface area contributed by atoms with Crippen molar-refractivity contribution in [2.75, 3.05) is 7.05 Å². The molecule has 0 aliphatic carbocycles. The highest BCUT2D eigenvalue weighted by Crippen LogP contribution is 2.24. The van der Waals surface area contributed by atoms with E-state index in [1.807, 2.05) is 0 Å². The van der Waals surface area contributed by atoms with Gasteiger partial charge < -0.3 is 4.74 Å². The summed E-state index contributed by atoms with van der Waals surface area (Å²) in [6, 6.07) is 10.9. The Morgan fingerprint density at radius 2 is 1.79 bits per heavy atom. The molecule has 0 unspecified atom stereocenters. The van der Waals surface area contributed by atoms with E-state index in [1.54, 1.807) is 37.3 Å². The van der Waals surface area contributed by atoms with Gasteiger partial charge in [0.2, 0.25) is 10.0 Å². The second-order valence-electron chi connectivity index (χ2n) is 5.19. The molecular formula is C16H16BrF2NO3S. The third-order valence-corrected chi connectivity index (χ3v) is 5.83. The monoisotopic (exact) mass is 419 g/mol. The number of halogens is 3. The van der Waals surface area contributed by atoms with Crippen molar-refractivity contribution in [1.82, 2.24) is 4.31 Å². The fourth-order valence-corrected chi connectivity index (χ4v) is 4.06. The summed E-state index contributed by atoms with van der Waals surface area (Å²) in [6.07, 6.45) is 0. The van der Waals surface area contributed by atoms with Crippen LogP contribution < -0.4 is 4.74 Å². The van der Waals surface area contributed by atoms with Crippen LogP contribution in [0.5, 0.6) is 5.75 Å². The van der Waals surface area contributed by atoms with E-state index in [1.165, 1.54) is 23.5 Å². The van der Waals surface area contributed by atoms with Crippen LogP contribution in [0.25, 0.3) is 0 Å². The van der Waals surface area contributed by atoms with Gasteiger partial charge >= 0.3 is 6.61 Å². The summed E-state index contributed by atoms with van der Waals surface area (Å²) in [7, 11) is -2.20. The van der Waals surface area contributed by atoms with E-state index in [4.69, 9.17) is 0 Å². The minimum Gasteiger partial charge on any atom is -0.435 e. The van der Waals surface area contributed by atoms with Gasteiger partial charge in [-0.1, -0.05) is 34.1 Å². The van der Waals surface area contributed by atoms with Gasteiger partial charge in [-0.3, -0.25) is 0 Å². The molecule has 0 aromatic heterocycles. The number of aryl methyl sites for hydroxylation is 1. The predicted octanol–water partition coefficient (Wildman–Crippen LogP) is 4.18. The zero-order valence-corrected chi connectivity index (χ0v) is 15.4. The lowest BCUT2D eigenvalue weighted by atomic mass is 10.2. The maximum absolute atomic E-state index is 12.7. The van der Waals surface area contributed by atoms with Crippen LogP contribution in [0.2, 0.25) is 0 Å². The van der Waals surface area contributed by atoms with Gasteiger partial charge in [0.1, 0.15) is 5.75 Å². The van der Waals surface area contributed by atoms with Crippen LogP contribution >= 0.6 is 15.9 Å². The van der Waals surface area contributed by atoms with E-state index >= 15 is 0 Å². The quantitative estimate of drug-likeness (QED) is 0.705. The summed E-state index contributed by atoms with van der Waals surface area (Å²) in [5, 5.41) is 0. The first-order valence-corrected chi connectivity index (χ1v) is 9.19. The van der Waals surface area contributed by atoms with Crippen molar-refractivity contribution in [2.24, 2.45) is 0 Å². The van der Waals surface area contributed by atoms with Crippen LogP contribution in [-0.4, -0.2) is 26.4 Å². The highest BCUT2D eigenvalue weighted by atomic mass is 79.9. The molecule has 0 aliphatic heterocycles. The van der Waals surface area contributed by atoms with Crippen molar-refractivity contribution in [3.63, 3.8) is 0 Å². The Kier molecular flexibility index (Phi) is 5.95. The number of hydrogen-bond donors (Lipinski definition) is 0. The van der Waals surface area contributed by atoms with Crippen LogP contribution in [-0.2, 0) is 16.6 Å². The molecule has 130 valence electrons. The molecule has 24 heavy (non-hydrogen) atoms. The molecule has 0 amide bonds. The van der Waals surface area contributed by atoms with Crippen LogP contribution in [0.1, 0.15) is 11.1 Å². The zero-order chi connectivity index (χ0) is 17.9. The molecule has 0 saturated carbocycles. The maximum Gasteiger partial charge on any atom is 0.387 e. The first-order chi connectivity index (χ1) is 11.2. The third kappa shape index (κ3) is 4.52. The molecular weight excluding hydrogens is 404 g/mol. The van der Waals surface area contributed by atoms with Gasteiger partial charge in [0.25, 0.3) is 0 Å². The molecule has 0 bridgehead atoms. The number of benzene rings is 2. The molecule has 2 aromatic carbocycles. The highest BCUT2D eigenvalue weighted by Gasteiger charge is 2.23. The standard InChI is InChI=1S/C16H16BrF2NO3S/c1-11-3-6-13(17)9-15(11)24(21,22)20(2)10-12-4-7-14(8-5-12)23-16(18)19/h3-9,16H,10H2,1-2H3. The SMILES string of the molecule is Cc1ccc(Br)cc1S(=O)(=O)N(C)Cc1ccc(OC(F)F)cc1. The van der Waals surface area contributed by atoms with Gasteiger partial charge in [-0.25, -0.2) is 8.42 Å². The molecule has 2 rings (SSSR count). The predicted molar refractivity (Wildman–Crippen MR) is 90.6 cm³/mol. The van der Waals surface area contributed by atoms with Gasteiger partial charge in [0, 0.05) is 18.1 Å². The normalized spacial score (nSPS) is 12.0. The van der Waals surface area contributed by atoms with Gasteiger partial charge in [-0.15, -0.1) is 0 Å². The van der Waals surface area contributed by atoms with Crippen LogP contribution in [0.3, 0.4) is 0 Å². The molecule has 0 aliphatic rings. The minimum atomic E-state index is -3.67. The Balaban J connectivity index is 2.19. The molecule has 0 fully saturated rings. The lowest BCUT2D eigenvalue weighted by Crippen LogP contribution is -2.27. The number of rotatable bonds is 6. The number of ether oxygens (including phenoxy) is 1. The molecule has 0 atom stereocenters.